The van der Waals surface area contributed by atoms with Crippen LogP contribution in [0.5, 0.6) is 0 Å². The van der Waals surface area contributed by atoms with Gasteiger partial charge in [0.1, 0.15) is 0 Å². The lowest BCUT2D eigenvalue weighted by Gasteiger charge is -2.36. The number of thiazole rings is 1. The van der Waals surface area contributed by atoms with Crippen molar-refractivity contribution >= 4 is 22.4 Å². The Hall–Kier alpha value is -1.34. The van der Waals surface area contributed by atoms with Crippen molar-refractivity contribution in [2.75, 3.05) is 39.1 Å². The van der Waals surface area contributed by atoms with E-state index < -0.39 is 0 Å². The molecule has 140 valence electrons. The fourth-order valence-corrected chi connectivity index (χ4v) is 4.58. The highest BCUT2D eigenvalue weighted by Gasteiger charge is 2.27. The number of hydrogen-bond donors (Lipinski definition) is 2. The zero-order valence-corrected chi connectivity index (χ0v) is 16.6. The second-order valence-electron chi connectivity index (χ2n) is 7.33. The molecule has 7 heteroatoms. The maximum absolute atomic E-state index is 4.61. The predicted molar refractivity (Wildman–Crippen MR) is 107 cm³/mol. The smallest absolute Gasteiger partial charge is 0.191 e. The molecule has 1 aromatic rings. The largest absolute Gasteiger partial charge is 0.354 e. The average molecular weight is 365 g/mol. The Morgan fingerprint density at radius 3 is 2.60 bits per heavy atom. The third kappa shape index (κ3) is 5.07. The number of anilines is 1. The minimum atomic E-state index is 0.525. The molecule has 0 spiro atoms. The summed E-state index contributed by atoms with van der Waals surface area (Å²) >= 11 is 1.67. The van der Waals surface area contributed by atoms with E-state index in [0.29, 0.717) is 12.6 Å². The Morgan fingerprint density at radius 2 is 2.00 bits per heavy atom. The summed E-state index contributed by atoms with van der Waals surface area (Å²) in [5.41, 5.74) is 1.06. The van der Waals surface area contributed by atoms with Crippen LogP contribution >= 0.6 is 11.3 Å². The second kappa shape index (κ2) is 8.85. The van der Waals surface area contributed by atoms with Gasteiger partial charge in [-0.05, 0) is 25.7 Å². The quantitative estimate of drug-likeness (QED) is 0.620. The first-order chi connectivity index (χ1) is 12.2. The van der Waals surface area contributed by atoms with Crippen LogP contribution in [0.3, 0.4) is 0 Å². The monoisotopic (exact) mass is 364 g/mol. The molecule has 1 aromatic heterocycles. The van der Waals surface area contributed by atoms with Crippen molar-refractivity contribution in [2.45, 2.75) is 57.2 Å². The number of rotatable bonds is 5. The molecule has 1 aliphatic carbocycles. The number of nitrogens with one attached hydrogen (secondary N) is 2. The molecule has 0 bridgehead atoms. The third-order valence-electron chi connectivity index (χ3n) is 5.29. The fourth-order valence-electron chi connectivity index (χ4n) is 3.82. The molecular formula is C18H32N6S. The molecule has 6 nitrogen and oxygen atoms in total. The van der Waals surface area contributed by atoms with Crippen LogP contribution < -0.4 is 15.5 Å². The molecule has 1 aliphatic heterocycles. The fraction of sp³-hybridized carbons (Fsp3) is 0.778. The number of aromatic nitrogens is 1. The van der Waals surface area contributed by atoms with Crippen LogP contribution in [-0.2, 0) is 6.54 Å². The molecular weight excluding hydrogens is 332 g/mol. The van der Waals surface area contributed by atoms with Crippen LogP contribution in [-0.4, -0.2) is 62.2 Å². The molecule has 0 radical (unpaired) electrons. The van der Waals surface area contributed by atoms with Crippen LogP contribution in [0, 0.1) is 0 Å². The number of likely N-dealkylation sites (tertiary alicyclic amines) is 1. The van der Waals surface area contributed by atoms with Gasteiger partial charge in [-0.3, -0.25) is 4.99 Å². The second-order valence-corrected chi connectivity index (χ2v) is 8.17. The van der Waals surface area contributed by atoms with Gasteiger partial charge in [0, 0.05) is 51.7 Å². The average Bonchev–Trinajstić information content (AvgIpc) is 3.31. The molecule has 0 amide bonds. The standard InChI is InChI=1S/C18H32N6S/c1-19-17(20-12-15-13-25-18(22-15)23(2)3)21-14-8-10-24(11-9-14)16-6-4-5-7-16/h13-14,16H,4-12H2,1-3H3,(H2,19,20,21). The SMILES string of the molecule is CN=C(NCc1csc(N(C)C)n1)NC1CCN(C2CCCC2)CC1. The van der Waals surface area contributed by atoms with E-state index in [9.17, 15) is 0 Å². The number of piperidine rings is 1. The van der Waals surface area contributed by atoms with E-state index in [0.717, 1.165) is 22.8 Å². The van der Waals surface area contributed by atoms with Crippen molar-refractivity contribution < 1.29 is 0 Å². The van der Waals surface area contributed by atoms with E-state index in [1.165, 1.54) is 51.6 Å². The molecule has 25 heavy (non-hydrogen) atoms. The zero-order chi connectivity index (χ0) is 17.6. The van der Waals surface area contributed by atoms with Crippen molar-refractivity contribution in [2.24, 2.45) is 4.99 Å². The zero-order valence-electron chi connectivity index (χ0n) is 15.8. The summed E-state index contributed by atoms with van der Waals surface area (Å²) in [6, 6.07) is 1.38. The van der Waals surface area contributed by atoms with Crippen LogP contribution in [0.2, 0.25) is 0 Å². The Labute approximate surface area is 155 Å². The number of aliphatic imine (C=N–C) groups is 1. The van der Waals surface area contributed by atoms with Crippen LogP contribution in [0.1, 0.15) is 44.2 Å². The molecule has 2 N–H and O–H groups in total. The lowest BCUT2D eigenvalue weighted by Crippen LogP contribution is -2.50. The summed E-state index contributed by atoms with van der Waals surface area (Å²) in [6.07, 6.45) is 8.07. The number of nitrogens with zero attached hydrogens (tertiary/aromatic N) is 4. The predicted octanol–water partition coefficient (Wildman–Crippen LogP) is 2.28. The lowest BCUT2D eigenvalue weighted by molar-refractivity contribution is 0.150. The van der Waals surface area contributed by atoms with Gasteiger partial charge in [-0.25, -0.2) is 4.98 Å². The Bertz CT molecular complexity index is 556. The first-order valence-corrected chi connectivity index (χ1v) is 10.4. The van der Waals surface area contributed by atoms with Crippen molar-refractivity contribution in [1.29, 1.82) is 0 Å². The van der Waals surface area contributed by atoms with Gasteiger partial charge in [0.25, 0.3) is 0 Å². The van der Waals surface area contributed by atoms with E-state index in [1.54, 1.807) is 11.3 Å². The molecule has 2 heterocycles. The molecule has 1 saturated carbocycles. The van der Waals surface area contributed by atoms with E-state index >= 15 is 0 Å². The maximum atomic E-state index is 4.61. The molecule has 3 rings (SSSR count). The van der Waals surface area contributed by atoms with Crippen molar-refractivity contribution in [3.05, 3.63) is 11.1 Å². The topological polar surface area (TPSA) is 55.8 Å². The summed E-state index contributed by atoms with van der Waals surface area (Å²) in [6.45, 7) is 3.15. The van der Waals surface area contributed by atoms with E-state index in [-0.39, 0.29) is 0 Å². The normalized spacial score (nSPS) is 20.8. The molecule has 0 unspecified atom stereocenters. The third-order valence-corrected chi connectivity index (χ3v) is 6.35. The van der Waals surface area contributed by atoms with Gasteiger partial charge >= 0.3 is 0 Å². The number of hydrogen-bond acceptors (Lipinski definition) is 5. The lowest BCUT2D eigenvalue weighted by atomic mass is 10.0. The van der Waals surface area contributed by atoms with E-state index in [4.69, 9.17) is 0 Å². The van der Waals surface area contributed by atoms with Gasteiger partial charge in [-0.15, -0.1) is 11.3 Å². The molecule has 1 saturated heterocycles. The van der Waals surface area contributed by atoms with Crippen LogP contribution in [0.25, 0.3) is 0 Å². The molecule has 0 atom stereocenters. The first kappa shape index (κ1) is 18.5. The molecule has 2 aliphatic rings. The van der Waals surface area contributed by atoms with Crippen LogP contribution in [0.4, 0.5) is 5.13 Å². The van der Waals surface area contributed by atoms with Crippen molar-refractivity contribution in [3.63, 3.8) is 0 Å². The minimum Gasteiger partial charge on any atom is -0.354 e. The Balaban J connectivity index is 1.41. The Kier molecular flexibility index (Phi) is 6.53. The maximum Gasteiger partial charge on any atom is 0.191 e. The highest BCUT2D eigenvalue weighted by atomic mass is 32.1. The minimum absolute atomic E-state index is 0.525. The number of guanidine groups is 1. The van der Waals surface area contributed by atoms with Gasteiger partial charge in [-0.1, -0.05) is 12.8 Å². The highest BCUT2D eigenvalue weighted by molar-refractivity contribution is 7.13. The van der Waals surface area contributed by atoms with Gasteiger partial charge in [0.2, 0.25) is 0 Å². The van der Waals surface area contributed by atoms with Gasteiger partial charge in [0.15, 0.2) is 11.1 Å². The van der Waals surface area contributed by atoms with Crippen LogP contribution in [0.15, 0.2) is 10.4 Å². The Morgan fingerprint density at radius 1 is 1.28 bits per heavy atom. The van der Waals surface area contributed by atoms with Crippen molar-refractivity contribution in [1.82, 2.24) is 20.5 Å². The van der Waals surface area contributed by atoms with E-state index in [1.807, 2.05) is 26.0 Å². The highest BCUT2D eigenvalue weighted by Crippen LogP contribution is 2.26. The molecule has 2 fully saturated rings. The first-order valence-electron chi connectivity index (χ1n) is 9.48. The summed E-state index contributed by atoms with van der Waals surface area (Å²) < 4.78 is 0. The summed E-state index contributed by atoms with van der Waals surface area (Å²) in [5, 5.41) is 10.1. The van der Waals surface area contributed by atoms with E-state index in [2.05, 4.69) is 30.9 Å². The van der Waals surface area contributed by atoms with Gasteiger partial charge in [0.05, 0.1) is 12.2 Å². The van der Waals surface area contributed by atoms with Gasteiger partial charge < -0.3 is 20.4 Å². The molecule has 0 aromatic carbocycles. The summed E-state index contributed by atoms with van der Waals surface area (Å²) in [5.74, 6) is 0.888. The summed E-state index contributed by atoms with van der Waals surface area (Å²) in [7, 11) is 5.89. The van der Waals surface area contributed by atoms with Gasteiger partial charge in [-0.2, -0.15) is 0 Å². The van der Waals surface area contributed by atoms with Crippen molar-refractivity contribution in [3.8, 4) is 0 Å². The summed E-state index contributed by atoms with van der Waals surface area (Å²) in [4.78, 5) is 13.7.